The predicted octanol–water partition coefficient (Wildman–Crippen LogP) is 1.31. The van der Waals surface area contributed by atoms with E-state index in [0.29, 0.717) is 5.75 Å². The standard InChI is InChI=1S/C10H13N3O4S/c1-17-10(14)7(6-18-2)12-9-8(13(15)16)4-3-5-11-9/h3-5,7H,6H2,1-2H3,(H,11,12)/t7-/m0/s1. The number of carbonyl (C=O) groups is 1. The summed E-state index contributed by atoms with van der Waals surface area (Å²) >= 11 is 1.43. The van der Waals surface area contributed by atoms with Gasteiger partial charge >= 0.3 is 11.7 Å². The second-order valence-corrected chi connectivity index (χ2v) is 4.21. The molecule has 0 saturated heterocycles. The van der Waals surface area contributed by atoms with Gasteiger partial charge in [-0.25, -0.2) is 9.78 Å². The van der Waals surface area contributed by atoms with Crippen molar-refractivity contribution in [2.75, 3.05) is 24.4 Å². The zero-order valence-electron chi connectivity index (χ0n) is 9.95. The van der Waals surface area contributed by atoms with Crippen molar-refractivity contribution < 1.29 is 14.5 Å². The van der Waals surface area contributed by atoms with Crippen molar-refractivity contribution in [2.24, 2.45) is 0 Å². The summed E-state index contributed by atoms with van der Waals surface area (Å²) in [5.41, 5.74) is -0.174. The fourth-order valence-electron chi connectivity index (χ4n) is 1.30. The highest BCUT2D eigenvalue weighted by atomic mass is 32.2. The summed E-state index contributed by atoms with van der Waals surface area (Å²) in [4.78, 5) is 25.6. The number of anilines is 1. The van der Waals surface area contributed by atoms with E-state index >= 15 is 0 Å². The van der Waals surface area contributed by atoms with Gasteiger partial charge in [0, 0.05) is 18.0 Å². The molecule has 0 aromatic carbocycles. The third kappa shape index (κ3) is 3.59. The molecule has 8 heteroatoms. The van der Waals surface area contributed by atoms with Gasteiger partial charge in [0.25, 0.3) is 0 Å². The van der Waals surface area contributed by atoms with E-state index < -0.39 is 16.9 Å². The van der Waals surface area contributed by atoms with Gasteiger partial charge in [-0.05, 0) is 12.3 Å². The topological polar surface area (TPSA) is 94.4 Å². The average molecular weight is 271 g/mol. The van der Waals surface area contributed by atoms with Crippen molar-refractivity contribution in [2.45, 2.75) is 6.04 Å². The third-order valence-electron chi connectivity index (χ3n) is 2.11. The van der Waals surface area contributed by atoms with Crippen LogP contribution in [0.1, 0.15) is 0 Å². The summed E-state index contributed by atoms with van der Waals surface area (Å²) in [5, 5.41) is 13.5. The Bertz CT molecular complexity index is 441. The number of nitrogens with one attached hydrogen (secondary N) is 1. The lowest BCUT2D eigenvalue weighted by atomic mass is 10.3. The normalized spacial score (nSPS) is 11.7. The van der Waals surface area contributed by atoms with Gasteiger partial charge in [0.05, 0.1) is 12.0 Å². The third-order valence-corrected chi connectivity index (χ3v) is 2.78. The number of aromatic nitrogens is 1. The lowest BCUT2D eigenvalue weighted by Crippen LogP contribution is -2.33. The minimum absolute atomic E-state index is 0.0620. The van der Waals surface area contributed by atoms with E-state index in [1.165, 1.54) is 37.2 Å². The maximum atomic E-state index is 11.5. The summed E-state index contributed by atoms with van der Waals surface area (Å²) in [6.07, 6.45) is 3.24. The van der Waals surface area contributed by atoms with Crippen LogP contribution in [-0.2, 0) is 9.53 Å². The first-order valence-corrected chi connectivity index (χ1v) is 6.42. The Balaban J connectivity index is 2.93. The van der Waals surface area contributed by atoms with E-state index in [4.69, 9.17) is 0 Å². The van der Waals surface area contributed by atoms with Crippen molar-refractivity contribution in [3.05, 3.63) is 28.4 Å². The number of nitrogens with zero attached hydrogens (tertiary/aromatic N) is 2. The molecule has 1 aromatic heterocycles. The van der Waals surface area contributed by atoms with Crippen molar-refractivity contribution >= 4 is 29.2 Å². The SMILES string of the molecule is COC(=O)[C@H](CSC)Nc1ncccc1[N+](=O)[O-]. The van der Waals surface area contributed by atoms with Crippen LogP contribution in [0.25, 0.3) is 0 Å². The van der Waals surface area contributed by atoms with E-state index in [9.17, 15) is 14.9 Å². The van der Waals surface area contributed by atoms with Crippen molar-refractivity contribution in [3.8, 4) is 0 Å². The summed E-state index contributed by atoms with van der Waals surface area (Å²) in [5.74, 6) is 0.0108. The highest BCUT2D eigenvalue weighted by Crippen LogP contribution is 2.21. The first-order chi connectivity index (χ1) is 8.60. The Morgan fingerprint density at radius 2 is 2.44 bits per heavy atom. The predicted molar refractivity (Wildman–Crippen MR) is 68.7 cm³/mol. The van der Waals surface area contributed by atoms with E-state index in [2.05, 4.69) is 15.0 Å². The van der Waals surface area contributed by atoms with Crippen LogP contribution in [-0.4, -0.2) is 41.0 Å². The molecule has 0 bridgehead atoms. The highest BCUT2D eigenvalue weighted by Gasteiger charge is 2.23. The molecule has 0 aliphatic heterocycles. The van der Waals surface area contributed by atoms with Crippen molar-refractivity contribution in [1.82, 2.24) is 4.98 Å². The first kappa shape index (κ1) is 14.2. The van der Waals surface area contributed by atoms with Gasteiger partial charge in [0.2, 0.25) is 5.82 Å². The lowest BCUT2D eigenvalue weighted by molar-refractivity contribution is -0.384. The smallest absolute Gasteiger partial charge is 0.329 e. The van der Waals surface area contributed by atoms with Crippen LogP contribution >= 0.6 is 11.8 Å². The van der Waals surface area contributed by atoms with Crippen LogP contribution in [0, 0.1) is 10.1 Å². The molecule has 98 valence electrons. The summed E-state index contributed by atoms with van der Waals surface area (Å²) in [6, 6.07) is 2.12. The van der Waals surface area contributed by atoms with Gasteiger partial charge in [-0.15, -0.1) is 0 Å². The van der Waals surface area contributed by atoms with E-state index in [1.807, 2.05) is 6.26 Å². The monoisotopic (exact) mass is 271 g/mol. The number of hydrogen-bond donors (Lipinski definition) is 1. The second kappa shape index (κ2) is 6.80. The molecule has 1 atom stereocenters. The molecule has 0 aliphatic rings. The van der Waals surface area contributed by atoms with Crippen LogP contribution in [0.5, 0.6) is 0 Å². The number of nitro groups is 1. The minimum Gasteiger partial charge on any atom is -0.467 e. The van der Waals surface area contributed by atoms with E-state index in [1.54, 1.807) is 0 Å². The van der Waals surface area contributed by atoms with Crippen LogP contribution in [0.4, 0.5) is 11.5 Å². The molecule has 1 N–H and O–H groups in total. The Hall–Kier alpha value is -1.83. The fourth-order valence-corrected chi connectivity index (χ4v) is 1.85. The van der Waals surface area contributed by atoms with E-state index in [0.717, 1.165) is 0 Å². The van der Waals surface area contributed by atoms with Crippen LogP contribution in [0.2, 0.25) is 0 Å². The zero-order valence-corrected chi connectivity index (χ0v) is 10.8. The molecule has 18 heavy (non-hydrogen) atoms. The Morgan fingerprint density at radius 1 is 1.72 bits per heavy atom. The van der Waals surface area contributed by atoms with Crippen molar-refractivity contribution in [1.29, 1.82) is 0 Å². The van der Waals surface area contributed by atoms with Gasteiger partial charge in [-0.1, -0.05) is 0 Å². The largest absolute Gasteiger partial charge is 0.467 e. The fraction of sp³-hybridized carbons (Fsp3) is 0.400. The molecule has 0 spiro atoms. The zero-order chi connectivity index (χ0) is 13.5. The second-order valence-electron chi connectivity index (χ2n) is 3.30. The molecule has 0 saturated carbocycles. The summed E-state index contributed by atoms with van der Waals surface area (Å²) in [7, 11) is 1.27. The maximum absolute atomic E-state index is 11.5. The molecule has 1 aromatic rings. The lowest BCUT2D eigenvalue weighted by Gasteiger charge is -2.15. The molecule has 0 fully saturated rings. The number of hydrogen-bond acceptors (Lipinski definition) is 7. The molecule has 7 nitrogen and oxygen atoms in total. The Morgan fingerprint density at radius 3 is 3.00 bits per heavy atom. The molecule has 0 aliphatic carbocycles. The van der Waals surface area contributed by atoms with Gasteiger partial charge in [-0.2, -0.15) is 11.8 Å². The van der Waals surface area contributed by atoms with E-state index in [-0.39, 0.29) is 11.5 Å². The Labute approximate surface area is 108 Å². The van der Waals surface area contributed by atoms with Gasteiger partial charge in [-0.3, -0.25) is 10.1 Å². The van der Waals surface area contributed by atoms with Crippen molar-refractivity contribution in [3.63, 3.8) is 0 Å². The average Bonchev–Trinajstić information content (AvgIpc) is 2.37. The minimum atomic E-state index is -0.668. The quantitative estimate of drug-likeness (QED) is 0.473. The molecule has 0 unspecified atom stereocenters. The highest BCUT2D eigenvalue weighted by molar-refractivity contribution is 7.98. The van der Waals surface area contributed by atoms with Gasteiger partial charge in [0.15, 0.2) is 0 Å². The molecular weight excluding hydrogens is 258 g/mol. The summed E-state index contributed by atoms with van der Waals surface area (Å²) in [6.45, 7) is 0. The Kier molecular flexibility index (Phi) is 5.37. The van der Waals surface area contributed by atoms with Gasteiger partial charge in [0.1, 0.15) is 6.04 Å². The number of thioether (sulfide) groups is 1. The maximum Gasteiger partial charge on any atom is 0.329 e. The number of pyridine rings is 1. The molecule has 0 amide bonds. The van der Waals surface area contributed by atoms with Gasteiger partial charge < -0.3 is 10.1 Å². The number of esters is 1. The first-order valence-electron chi connectivity index (χ1n) is 5.02. The molecule has 1 heterocycles. The number of ether oxygens (including phenoxy) is 1. The number of rotatable bonds is 6. The number of carbonyl (C=O) groups excluding carboxylic acids is 1. The molecular formula is C10H13N3O4S. The molecule has 1 rings (SSSR count). The van der Waals surface area contributed by atoms with Crippen LogP contribution < -0.4 is 5.32 Å². The summed E-state index contributed by atoms with van der Waals surface area (Å²) < 4.78 is 4.63. The molecule has 0 radical (unpaired) electrons. The van der Waals surface area contributed by atoms with Crippen LogP contribution in [0.3, 0.4) is 0 Å². The van der Waals surface area contributed by atoms with Crippen LogP contribution in [0.15, 0.2) is 18.3 Å². The number of methoxy groups -OCH3 is 1.